The van der Waals surface area contributed by atoms with Crippen LogP contribution in [0.2, 0.25) is 0 Å². The number of hydrogen-bond acceptors (Lipinski definition) is 7. The van der Waals surface area contributed by atoms with E-state index in [1.165, 1.54) is 44.9 Å². The summed E-state index contributed by atoms with van der Waals surface area (Å²) in [5.74, 6) is -0.643. The van der Waals surface area contributed by atoms with Gasteiger partial charge in [0.15, 0.2) is 0 Å². The molecule has 0 aromatic carbocycles. The zero-order valence-corrected chi connectivity index (χ0v) is 26.8. The van der Waals surface area contributed by atoms with Crippen molar-refractivity contribution < 1.29 is 4.79 Å². The lowest BCUT2D eigenvalue weighted by Gasteiger charge is -2.49. The fourth-order valence-electron chi connectivity index (χ4n) is 7.96. The van der Waals surface area contributed by atoms with E-state index in [-0.39, 0.29) is 29.4 Å². The van der Waals surface area contributed by atoms with E-state index in [0.717, 1.165) is 64.7 Å². The number of aliphatic imine (C=N–C) groups is 1. The second-order valence-electron chi connectivity index (χ2n) is 13.6. The molecular formula is C32H58ClN7O. The monoisotopic (exact) mass is 591 g/mol. The Labute approximate surface area is 254 Å². The van der Waals surface area contributed by atoms with Gasteiger partial charge in [-0.15, -0.1) is 0 Å². The van der Waals surface area contributed by atoms with Crippen molar-refractivity contribution in [2.75, 3.05) is 33.2 Å². The second-order valence-corrected chi connectivity index (χ2v) is 14.1. The van der Waals surface area contributed by atoms with Gasteiger partial charge in [-0.3, -0.25) is 14.7 Å². The number of likely N-dealkylation sites (N-methyl/N-ethyl adjacent to an activating group) is 1. The number of amides is 1. The first-order chi connectivity index (χ1) is 19.7. The molecule has 2 saturated heterocycles. The van der Waals surface area contributed by atoms with E-state index >= 15 is 0 Å². The van der Waals surface area contributed by atoms with Gasteiger partial charge in [-0.25, -0.2) is 0 Å². The van der Waals surface area contributed by atoms with Gasteiger partial charge in [0.1, 0.15) is 0 Å². The average Bonchev–Trinajstić information content (AvgIpc) is 2.95. The zero-order valence-electron chi connectivity index (χ0n) is 26.0. The lowest BCUT2D eigenvalue weighted by molar-refractivity contribution is -0.128. The number of piperazine rings is 1. The Morgan fingerprint density at radius 2 is 2.00 bits per heavy atom. The van der Waals surface area contributed by atoms with Crippen LogP contribution in [0.15, 0.2) is 16.1 Å². The number of piperidine rings is 1. The summed E-state index contributed by atoms with van der Waals surface area (Å²) in [5.41, 5.74) is 13.0. The molecule has 6 N–H and O–H groups in total. The molecule has 4 rings (SSSR count). The summed E-state index contributed by atoms with van der Waals surface area (Å²) in [5, 5.41) is 8.00. The van der Waals surface area contributed by atoms with Gasteiger partial charge < -0.3 is 27.0 Å². The van der Waals surface area contributed by atoms with E-state index in [0.29, 0.717) is 17.1 Å². The number of unbranched alkanes of at least 4 members (excludes halogenated alkanes) is 3. The number of nitrogens with zero attached hydrogens (tertiary/aromatic N) is 3. The van der Waals surface area contributed by atoms with Gasteiger partial charge in [0.05, 0.1) is 29.2 Å². The fraction of sp³-hybridized carbons (Fsp3) is 0.875. The van der Waals surface area contributed by atoms with Gasteiger partial charge >= 0.3 is 0 Å². The van der Waals surface area contributed by atoms with Gasteiger partial charge in [0.2, 0.25) is 5.91 Å². The summed E-state index contributed by atoms with van der Waals surface area (Å²) in [6.45, 7) is 8.64. The van der Waals surface area contributed by atoms with Crippen LogP contribution in [0.25, 0.3) is 0 Å². The second kappa shape index (κ2) is 15.6. The van der Waals surface area contributed by atoms with E-state index in [4.69, 9.17) is 28.1 Å². The lowest BCUT2D eigenvalue weighted by Crippen LogP contribution is -2.68. The van der Waals surface area contributed by atoms with Crippen LogP contribution in [-0.2, 0) is 4.79 Å². The minimum atomic E-state index is -0.790. The van der Waals surface area contributed by atoms with Crippen molar-refractivity contribution >= 4 is 23.7 Å². The number of hydrogen-bond donors (Lipinski definition) is 4. The number of nitrogens with one attached hydrogen (secondary N) is 2. The molecule has 3 aliphatic heterocycles. The highest BCUT2D eigenvalue weighted by atomic mass is 35.5. The summed E-state index contributed by atoms with van der Waals surface area (Å²) in [4.78, 5) is 24.3. The molecule has 0 bridgehead atoms. The van der Waals surface area contributed by atoms with E-state index in [9.17, 15) is 4.79 Å². The number of rotatable bonds is 10. The highest BCUT2D eigenvalue weighted by Crippen LogP contribution is 2.46. The van der Waals surface area contributed by atoms with Gasteiger partial charge in [-0.1, -0.05) is 69.5 Å². The first-order valence-corrected chi connectivity index (χ1v) is 17.0. The molecule has 6 unspecified atom stereocenters. The van der Waals surface area contributed by atoms with Crippen molar-refractivity contribution in [2.24, 2.45) is 27.8 Å². The van der Waals surface area contributed by atoms with Crippen molar-refractivity contribution in [1.29, 1.82) is 0 Å². The Hall–Kier alpha value is -1.03. The quantitative estimate of drug-likeness (QED) is 0.226. The number of carbonyl (C=O) groups is 1. The Kier molecular flexibility index (Phi) is 12.5. The summed E-state index contributed by atoms with van der Waals surface area (Å²) >= 11 is 6.53. The summed E-state index contributed by atoms with van der Waals surface area (Å²) in [6, 6.07) is 0.765. The Morgan fingerprint density at radius 3 is 2.71 bits per heavy atom. The van der Waals surface area contributed by atoms with Crippen LogP contribution in [-0.4, -0.2) is 91.5 Å². The molecule has 9 heteroatoms. The van der Waals surface area contributed by atoms with Crippen LogP contribution in [0.3, 0.4) is 0 Å². The molecule has 3 heterocycles. The number of nitrogens with two attached hydrogens (primary N) is 2. The number of carbonyl (C=O) groups excluding carboxylic acids is 1. The predicted molar refractivity (Wildman–Crippen MR) is 171 cm³/mol. The maximum Gasteiger partial charge on any atom is 0.228 e. The molecule has 0 radical (unpaired) electrons. The van der Waals surface area contributed by atoms with Crippen LogP contribution in [0.4, 0.5) is 0 Å². The van der Waals surface area contributed by atoms with Crippen LogP contribution >= 0.6 is 11.6 Å². The average molecular weight is 592 g/mol. The maximum absolute atomic E-state index is 14.3. The molecule has 6 atom stereocenters. The number of halogens is 1. The first kappa shape index (κ1) is 32.9. The summed E-state index contributed by atoms with van der Waals surface area (Å²) in [6.07, 6.45) is 17.8. The predicted octanol–water partition coefficient (Wildman–Crippen LogP) is 3.97. The molecule has 3 fully saturated rings. The highest BCUT2D eigenvalue weighted by molar-refractivity contribution is 6.39. The third kappa shape index (κ3) is 8.76. The van der Waals surface area contributed by atoms with Crippen LogP contribution in [0.5, 0.6) is 0 Å². The highest BCUT2D eigenvalue weighted by Gasteiger charge is 2.44. The molecule has 1 spiro atoms. The third-order valence-electron chi connectivity index (χ3n) is 10.6. The molecule has 41 heavy (non-hydrogen) atoms. The summed E-state index contributed by atoms with van der Waals surface area (Å²) in [7, 11) is 2.21. The molecule has 0 aromatic heterocycles. The van der Waals surface area contributed by atoms with E-state index in [1.807, 2.05) is 0 Å². The van der Waals surface area contributed by atoms with Gasteiger partial charge in [0.25, 0.3) is 0 Å². The standard InChI is InChI=1S/C32H58ClN7O/c1-4-5-6-8-11-25-29(27(13-17-36-25)40-19-18-39(3)23(2)22-40)38-31(41)28(30(34)35)26-20-32(14-9-7-10-15-32)16-12-24(33)21-37-26/h12,21,23,25-30,36H,4-11,13-20,22,34-35H2,1-3H3,(H,38,41)/b24-12+,37-21?. The molecule has 1 saturated carbocycles. The molecular weight excluding hydrogens is 534 g/mol. The molecule has 1 amide bonds. The Morgan fingerprint density at radius 1 is 1.22 bits per heavy atom. The molecule has 0 aromatic rings. The van der Waals surface area contributed by atoms with Crippen molar-refractivity contribution in [3.63, 3.8) is 0 Å². The minimum absolute atomic E-state index is 0.0133. The van der Waals surface area contributed by atoms with Crippen molar-refractivity contribution in [3.05, 3.63) is 11.1 Å². The minimum Gasteiger partial charge on any atom is -0.350 e. The number of allylic oxidation sites excluding steroid dienone is 2. The van der Waals surface area contributed by atoms with Gasteiger partial charge in [0, 0.05) is 44.0 Å². The van der Waals surface area contributed by atoms with Crippen LogP contribution in [0, 0.1) is 11.3 Å². The largest absolute Gasteiger partial charge is 0.350 e. The Balaban J connectivity index is 1.56. The normalized spacial score (nSPS) is 33.6. The first-order valence-electron chi connectivity index (χ1n) is 16.6. The van der Waals surface area contributed by atoms with E-state index in [1.54, 1.807) is 6.21 Å². The topological polar surface area (TPSA) is 112 Å². The fourth-order valence-corrected chi connectivity index (χ4v) is 8.09. The molecule has 1 aliphatic carbocycles. The van der Waals surface area contributed by atoms with Crippen LogP contribution in [0.1, 0.15) is 97.3 Å². The van der Waals surface area contributed by atoms with Gasteiger partial charge in [-0.05, 0) is 64.5 Å². The molecule has 4 aliphatic rings. The third-order valence-corrected chi connectivity index (χ3v) is 10.9. The van der Waals surface area contributed by atoms with Crippen molar-refractivity contribution in [3.8, 4) is 0 Å². The molecule has 8 nitrogen and oxygen atoms in total. The Bertz CT molecular complexity index is 889. The zero-order chi connectivity index (χ0) is 29.4. The summed E-state index contributed by atoms with van der Waals surface area (Å²) < 4.78 is 0. The maximum atomic E-state index is 14.3. The van der Waals surface area contributed by atoms with E-state index < -0.39 is 12.1 Å². The SMILES string of the molecule is CCCCCCC1NCCC(N2CCN(C)C(C)C2)C1NC(=O)C(C(N)N)C1CC2(C/C=C(/Cl)C=N1)CCCCC2. The lowest BCUT2D eigenvalue weighted by atomic mass is 9.66. The van der Waals surface area contributed by atoms with E-state index in [2.05, 4.69) is 47.4 Å². The molecule has 234 valence electrons. The van der Waals surface area contributed by atoms with Crippen molar-refractivity contribution in [1.82, 2.24) is 20.4 Å². The van der Waals surface area contributed by atoms with Gasteiger partial charge in [-0.2, -0.15) is 0 Å². The smallest absolute Gasteiger partial charge is 0.228 e. The van der Waals surface area contributed by atoms with Crippen LogP contribution < -0.4 is 22.1 Å². The van der Waals surface area contributed by atoms with Crippen molar-refractivity contribution in [2.45, 2.75) is 134 Å².